The van der Waals surface area contributed by atoms with Crippen molar-refractivity contribution in [1.29, 1.82) is 0 Å². The first kappa shape index (κ1) is 19.7. The minimum Gasteiger partial charge on any atom is -0.346 e. The molecule has 1 saturated carbocycles. The largest absolute Gasteiger partial charge is 0.346 e. The van der Waals surface area contributed by atoms with Crippen molar-refractivity contribution in [1.82, 2.24) is 10.2 Å². The lowest BCUT2D eigenvalue weighted by Crippen LogP contribution is -2.59. The Kier molecular flexibility index (Phi) is 5.20. The molecule has 29 heavy (non-hydrogen) atoms. The van der Waals surface area contributed by atoms with E-state index < -0.39 is 6.04 Å². The maximum absolute atomic E-state index is 13.5. The van der Waals surface area contributed by atoms with Gasteiger partial charge < -0.3 is 10.2 Å². The Balaban J connectivity index is 1.57. The fourth-order valence-electron chi connectivity index (χ4n) is 4.43. The summed E-state index contributed by atoms with van der Waals surface area (Å²) in [5.74, 6) is 0.357. The molecule has 0 radical (unpaired) electrons. The Morgan fingerprint density at radius 3 is 2.17 bits per heavy atom. The standard InChI is InChI=1S/C25H30N2O2/c1-25(2,3)15-22-23(28)26-21(18-12-8-5-9-13-18)16-27(22)24(29)20-14-19(20)17-10-6-4-7-11-17/h4-13,19-22H,14-16H2,1-3H3,(H,26,28). The molecule has 2 aromatic rings. The summed E-state index contributed by atoms with van der Waals surface area (Å²) < 4.78 is 0. The molecule has 4 rings (SSSR count). The van der Waals surface area contributed by atoms with Gasteiger partial charge in [-0.2, -0.15) is 0 Å². The van der Waals surface area contributed by atoms with Crippen LogP contribution in [0.5, 0.6) is 0 Å². The van der Waals surface area contributed by atoms with Gasteiger partial charge in [-0.05, 0) is 35.3 Å². The minimum absolute atomic E-state index is 0.0119. The van der Waals surface area contributed by atoms with Crippen LogP contribution in [0.15, 0.2) is 60.7 Å². The molecular formula is C25H30N2O2. The van der Waals surface area contributed by atoms with Gasteiger partial charge in [0, 0.05) is 12.5 Å². The Morgan fingerprint density at radius 2 is 1.59 bits per heavy atom. The van der Waals surface area contributed by atoms with E-state index in [2.05, 4.69) is 38.2 Å². The number of carbonyl (C=O) groups is 2. The Labute approximate surface area is 173 Å². The molecule has 1 saturated heterocycles. The van der Waals surface area contributed by atoms with Crippen molar-refractivity contribution in [3.05, 3.63) is 71.8 Å². The fraction of sp³-hybridized carbons (Fsp3) is 0.440. The highest BCUT2D eigenvalue weighted by Gasteiger charge is 2.49. The quantitative estimate of drug-likeness (QED) is 0.846. The highest BCUT2D eigenvalue weighted by Crippen LogP contribution is 2.49. The first-order chi connectivity index (χ1) is 13.8. The lowest BCUT2D eigenvalue weighted by atomic mass is 9.85. The monoisotopic (exact) mass is 390 g/mol. The zero-order chi connectivity index (χ0) is 20.6. The summed E-state index contributed by atoms with van der Waals surface area (Å²) in [6, 6.07) is 19.6. The number of piperazine rings is 1. The molecule has 1 N–H and O–H groups in total. The fourth-order valence-corrected chi connectivity index (χ4v) is 4.43. The normalized spacial score (nSPS) is 26.7. The summed E-state index contributed by atoms with van der Waals surface area (Å²) in [6.07, 6.45) is 1.54. The molecule has 2 aliphatic rings. The van der Waals surface area contributed by atoms with Crippen LogP contribution in [0.4, 0.5) is 0 Å². The molecule has 1 aliphatic heterocycles. The number of amides is 2. The molecule has 1 heterocycles. The average molecular weight is 391 g/mol. The van der Waals surface area contributed by atoms with E-state index in [1.54, 1.807) is 0 Å². The maximum Gasteiger partial charge on any atom is 0.243 e. The minimum atomic E-state index is -0.403. The predicted octanol–water partition coefficient (Wildman–Crippen LogP) is 4.29. The van der Waals surface area contributed by atoms with Gasteiger partial charge in [-0.1, -0.05) is 81.4 Å². The van der Waals surface area contributed by atoms with Crippen molar-refractivity contribution in [3.63, 3.8) is 0 Å². The van der Waals surface area contributed by atoms with Gasteiger partial charge in [-0.15, -0.1) is 0 Å². The molecule has 0 aromatic heterocycles. The van der Waals surface area contributed by atoms with E-state index in [1.165, 1.54) is 5.56 Å². The number of nitrogens with zero attached hydrogens (tertiary/aromatic N) is 1. The molecule has 0 spiro atoms. The maximum atomic E-state index is 13.5. The molecule has 4 heteroatoms. The van der Waals surface area contributed by atoms with Crippen molar-refractivity contribution in [2.75, 3.05) is 6.54 Å². The van der Waals surface area contributed by atoms with Crippen molar-refractivity contribution in [2.45, 2.75) is 51.6 Å². The number of rotatable bonds is 4. The van der Waals surface area contributed by atoms with Crippen LogP contribution in [0.2, 0.25) is 0 Å². The molecule has 4 atom stereocenters. The highest BCUT2D eigenvalue weighted by molar-refractivity contribution is 5.91. The van der Waals surface area contributed by atoms with Crippen LogP contribution in [0.1, 0.15) is 56.7 Å². The van der Waals surface area contributed by atoms with Gasteiger partial charge in [0.1, 0.15) is 6.04 Å². The molecule has 4 unspecified atom stereocenters. The lowest BCUT2D eigenvalue weighted by Gasteiger charge is -2.42. The lowest BCUT2D eigenvalue weighted by molar-refractivity contribution is -0.147. The third-order valence-electron chi connectivity index (χ3n) is 6.00. The number of carbonyl (C=O) groups excluding carboxylic acids is 2. The third kappa shape index (κ3) is 4.36. The van der Waals surface area contributed by atoms with E-state index in [4.69, 9.17) is 0 Å². The first-order valence-electron chi connectivity index (χ1n) is 10.5. The Morgan fingerprint density at radius 1 is 1.00 bits per heavy atom. The summed E-state index contributed by atoms with van der Waals surface area (Å²) in [5, 5.41) is 3.16. The van der Waals surface area contributed by atoms with Gasteiger partial charge in [-0.25, -0.2) is 0 Å². The predicted molar refractivity (Wildman–Crippen MR) is 114 cm³/mol. The van der Waals surface area contributed by atoms with E-state index in [-0.39, 0.29) is 35.1 Å². The van der Waals surface area contributed by atoms with Crippen molar-refractivity contribution in [2.24, 2.45) is 11.3 Å². The van der Waals surface area contributed by atoms with Crippen molar-refractivity contribution >= 4 is 11.8 Å². The second kappa shape index (κ2) is 7.66. The van der Waals surface area contributed by atoms with Crippen LogP contribution in [0, 0.1) is 11.3 Å². The number of hydrogen-bond acceptors (Lipinski definition) is 2. The summed E-state index contributed by atoms with van der Waals surface area (Å²) in [6.45, 7) is 6.90. The van der Waals surface area contributed by atoms with E-state index in [1.807, 2.05) is 53.4 Å². The van der Waals surface area contributed by atoms with E-state index >= 15 is 0 Å². The molecule has 2 fully saturated rings. The molecule has 1 aliphatic carbocycles. The van der Waals surface area contributed by atoms with Crippen LogP contribution in [-0.2, 0) is 9.59 Å². The van der Waals surface area contributed by atoms with Crippen LogP contribution < -0.4 is 5.32 Å². The van der Waals surface area contributed by atoms with E-state index in [0.717, 1.165) is 12.0 Å². The SMILES string of the molecule is CC(C)(C)CC1C(=O)NC(c2ccccc2)CN1C(=O)C1CC1c1ccccc1. The van der Waals surface area contributed by atoms with Crippen LogP contribution in [-0.4, -0.2) is 29.3 Å². The zero-order valence-corrected chi connectivity index (χ0v) is 17.5. The topological polar surface area (TPSA) is 49.4 Å². The Bertz CT molecular complexity index is 873. The summed E-state index contributed by atoms with van der Waals surface area (Å²) in [7, 11) is 0. The smallest absolute Gasteiger partial charge is 0.243 e. The summed E-state index contributed by atoms with van der Waals surface area (Å²) in [5.41, 5.74) is 2.23. The van der Waals surface area contributed by atoms with Crippen molar-refractivity contribution < 1.29 is 9.59 Å². The number of benzene rings is 2. The second-order valence-corrected chi connectivity index (χ2v) is 9.60. The van der Waals surface area contributed by atoms with E-state index in [9.17, 15) is 9.59 Å². The average Bonchev–Trinajstić information content (AvgIpc) is 3.50. The second-order valence-electron chi connectivity index (χ2n) is 9.60. The van der Waals surface area contributed by atoms with Crippen LogP contribution >= 0.6 is 0 Å². The number of nitrogens with one attached hydrogen (secondary N) is 1. The van der Waals surface area contributed by atoms with Gasteiger partial charge in [0.2, 0.25) is 11.8 Å². The van der Waals surface area contributed by atoms with Gasteiger partial charge in [0.05, 0.1) is 6.04 Å². The Hall–Kier alpha value is -2.62. The van der Waals surface area contributed by atoms with Gasteiger partial charge in [0.25, 0.3) is 0 Å². The van der Waals surface area contributed by atoms with Gasteiger partial charge in [0.15, 0.2) is 0 Å². The zero-order valence-electron chi connectivity index (χ0n) is 17.5. The van der Waals surface area contributed by atoms with E-state index in [0.29, 0.717) is 13.0 Å². The molecule has 2 amide bonds. The number of hydrogen-bond donors (Lipinski definition) is 1. The highest BCUT2D eigenvalue weighted by atomic mass is 16.2. The molecule has 152 valence electrons. The van der Waals surface area contributed by atoms with Crippen LogP contribution in [0.3, 0.4) is 0 Å². The summed E-state index contributed by atoms with van der Waals surface area (Å²) >= 11 is 0. The molecular weight excluding hydrogens is 360 g/mol. The van der Waals surface area contributed by atoms with Gasteiger partial charge in [-0.3, -0.25) is 9.59 Å². The van der Waals surface area contributed by atoms with Crippen LogP contribution in [0.25, 0.3) is 0 Å². The molecule has 2 aromatic carbocycles. The van der Waals surface area contributed by atoms with Crippen molar-refractivity contribution in [3.8, 4) is 0 Å². The first-order valence-corrected chi connectivity index (χ1v) is 10.5. The molecule has 0 bridgehead atoms. The summed E-state index contributed by atoms with van der Waals surface area (Å²) in [4.78, 5) is 28.4. The third-order valence-corrected chi connectivity index (χ3v) is 6.00. The van der Waals surface area contributed by atoms with Gasteiger partial charge >= 0.3 is 0 Å². The molecule has 4 nitrogen and oxygen atoms in total.